The van der Waals surface area contributed by atoms with Gasteiger partial charge in [-0.05, 0) is 43.8 Å². The van der Waals surface area contributed by atoms with E-state index in [0.717, 1.165) is 50.4 Å². The Hall–Kier alpha value is -1.06. The Morgan fingerprint density at radius 1 is 1.10 bits per heavy atom. The molecular weight excluding hydrogens is 286 g/mol. The van der Waals surface area contributed by atoms with Gasteiger partial charge in [0.2, 0.25) is 0 Å². The number of carbonyl (C=O) groups excluding carboxylic acids is 1. The van der Waals surface area contributed by atoms with E-state index in [1.54, 1.807) is 0 Å². The van der Waals surface area contributed by atoms with Gasteiger partial charge in [-0.1, -0.05) is 27.2 Å². The minimum atomic E-state index is 0. The van der Waals surface area contributed by atoms with Crippen molar-refractivity contribution in [3.05, 3.63) is 29.8 Å². The molecule has 0 amide bonds. The number of benzene rings is 1. The van der Waals surface area contributed by atoms with Gasteiger partial charge in [-0.25, -0.2) is 0 Å². The van der Waals surface area contributed by atoms with E-state index in [2.05, 4.69) is 25.7 Å². The quantitative estimate of drug-likeness (QED) is 0.479. The van der Waals surface area contributed by atoms with Crippen molar-refractivity contribution in [2.75, 3.05) is 26.2 Å². The summed E-state index contributed by atoms with van der Waals surface area (Å²) in [5.41, 5.74) is 0.778. The lowest BCUT2D eigenvalue weighted by atomic mass is 10.1. The number of unbranched alkanes of at least 4 members (excludes halogenated alkanes) is 1. The second-order valence-corrected chi connectivity index (χ2v) is 4.93. The summed E-state index contributed by atoms with van der Waals surface area (Å²) < 4.78 is 5.59. The fourth-order valence-electron chi connectivity index (χ4n) is 2.02. The summed E-state index contributed by atoms with van der Waals surface area (Å²) in [5, 5.41) is 0. The van der Waals surface area contributed by atoms with Crippen LogP contribution in [0.5, 0.6) is 5.75 Å². The van der Waals surface area contributed by atoms with Crippen molar-refractivity contribution >= 4 is 18.2 Å². The van der Waals surface area contributed by atoms with Crippen molar-refractivity contribution in [1.29, 1.82) is 0 Å². The lowest BCUT2D eigenvalue weighted by Gasteiger charge is -2.17. The van der Waals surface area contributed by atoms with E-state index < -0.39 is 0 Å². The van der Waals surface area contributed by atoms with Crippen molar-refractivity contribution in [2.24, 2.45) is 0 Å². The maximum atomic E-state index is 12.1. The largest absolute Gasteiger partial charge is 0.494 e. The third-order valence-corrected chi connectivity index (χ3v) is 3.49. The third kappa shape index (κ3) is 7.49. The van der Waals surface area contributed by atoms with Crippen molar-refractivity contribution < 1.29 is 9.53 Å². The average Bonchev–Trinajstić information content (AvgIpc) is 2.49. The van der Waals surface area contributed by atoms with E-state index in [1.165, 1.54) is 0 Å². The second-order valence-electron chi connectivity index (χ2n) is 4.93. The normalized spacial score (nSPS) is 10.3. The van der Waals surface area contributed by atoms with Crippen LogP contribution in [-0.2, 0) is 0 Å². The Morgan fingerprint density at radius 2 is 1.71 bits per heavy atom. The molecule has 0 aliphatic rings. The molecule has 0 spiro atoms. The molecule has 0 atom stereocenters. The first kappa shape index (κ1) is 19.9. The molecule has 0 heterocycles. The smallest absolute Gasteiger partial charge is 0.164 e. The van der Waals surface area contributed by atoms with E-state index >= 15 is 0 Å². The zero-order valence-electron chi connectivity index (χ0n) is 13.4. The van der Waals surface area contributed by atoms with E-state index in [9.17, 15) is 4.79 Å². The van der Waals surface area contributed by atoms with Crippen LogP contribution in [0.2, 0.25) is 0 Å². The van der Waals surface area contributed by atoms with Crippen molar-refractivity contribution in [3.8, 4) is 5.75 Å². The summed E-state index contributed by atoms with van der Waals surface area (Å²) in [7, 11) is 0. The molecule has 0 aromatic heterocycles. The van der Waals surface area contributed by atoms with Crippen LogP contribution in [0.25, 0.3) is 0 Å². The van der Waals surface area contributed by atoms with E-state index in [4.69, 9.17) is 4.74 Å². The van der Waals surface area contributed by atoms with E-state index in [0.29, 0.717) is 6.42 Å². The van der Waals surface area contributed by atoms with Gasteiger partial charge in [-0.3, -0.25) is 4.79 Å². The maximum absolute atomic E-state index is 12.1. The molecule has 3 nitrogen and oxygen atoms in total. The molecule has 0 aliphatic heterocycles. The number of halogens is 1. The molecule has 0 N–H and O–H groups in total. The number of rotatable bonds is 10. The summed E-state index contributed by atoms with van der Waals surface area (Å²) in [6.07, 6.45) is 2.77. The molecule has 0 fully saturated rings. The first-order valence-electron chi connectivity index (χ1n) is 7.69. The first-order valence-corrected chi connectivity index (χ1v) is 7.69. The zero-order chi connectivity index (χ0) is 14.8. The van der Waals surface area contributed by atoms with Crippen LogP contribution >= 0.6 is 12.4 Å². The summed E-state index contributed by atoms with van der Waals surface area (Å²) in [5.74, 6) is 1.05. The first-order chi connectivity index (χ1) is 9.71. The molecule has 0 bridgehead atoms. The van der Waals surface area contributed by atoms with Crippen LogP contribution in [0.15, 0.2) is 24.3 Å². The number of ketones is 1. The fraction of sp³-hybridized carbons (Fsp3) is 0.588. The standard InChI is InChI=1S/C17H27NO2.ClH/c1-4-7-14-20-16-10-8-15(9-11-16)17(19)12-13-18(5-2)6-3;/h8-11H,4-7,12-14H2,1-3H3;1H. The monoisotopic (exact) mass is 313 g/mol. The van der Waals surface area contributed by atoms with Crippen LogP contribution in [0.3, 0.4) is 0 Å². The Morgan fingerprint density at radius 3 is 2.24 bits per heavy atom. The zero-order valence-corrected chi connectivity index (χ0v) is 14.2. The highest BCUT2D eigenvalue weighted by Gasteiger charge is 2.08. The van der Waals surface area contributed by atoms with E-state index in [1.807, 2.05) is 24.3 Å². The van der Waals surface area contributed by atoms with Crippen molar-refractivity contribution in [3.63, 3.8) is 0 Å². The van der Waals surface area contributed by atoms with E-state index in [-0.39, 0.29) is 18.2 Å². The van der Waals surface area contributed by atoms with Gasteiger partial charge in [-0.2, -0.15) is 0 Å². The highest BCUT2D eigenvalue weighted by Crippen LogP contribution is 2.14. The number of hydrogen-bond acceptors (Lipinski definition) is 3. The molecular formula is C17H28ClNO2. The summed E-state index contributed by atoms with van der Waals surface area (Å²) in [4.78, 5) is 14.3. The van der Waals surface area contributed by atoms with Gasteiger partial charge >= 0.3 is 0 Å². The molecule has 0 saturated heterocycles. The third-order valence-electron chi connectivity index (χ3n) is 3.49. The fourth-order valence-corrected chi connectivity index (χ4v) is 2.02. The minimum absolute atomic E-state index is 0. The number of ether oxygens (including phenoxy) is 1. The predicted octanol–water partition coefficient (Wildman–Crippen LogP) is 4.20. The SMILES string of the molecule is CCCCOc1ccc(C(=O)CCN(CC)CC)cc1.Cl. The van der Waals surface area contributed by atoms with Gasteiger partial charge in [0.1, 0.15) is 5.75 Å². The minimum Gasteiger partial charge on any atom is -0.494 e. The molecule has 0 aliphatic carbocycles. The highest BCUT2D eigenvalue weighted by atomic mass is 35.5. The summed E-state index contributed by atoms with van der Waals surface area (Å²) in [6.45, 7) is 9.95. The van der Waals surface area contributed by atoms with Gasteiger partial charge in [0, 0.05) is 18.5 Å². The Labute approximate surface area is 135 Å². The van der Waals surface area contributed by atoms with Gasteiger partial charge < -0.3 is 9.64 Å². The van der Waals surface area contributed by atoms with Crippen LogP contribution in [-0.4, -0.2) is 36.9 Å². The number of Topliss-reactive ketones (excluding diaryl/α,β-unsaturated/α-hetero) is 1. The van der Waals surface area contributed by atoms with Crippen LogP contribution in [0.1, 0.15) is 50.4 Å². The summed E-state index contributed by atoms with van der Waals surface area (Å²) in [6, 6.07) is 7.51. The van der Waals surface area contributed by atoms with Gasteiger partial charge in [-0.15, -0.1) is 12.4 Å². The molecule has 4 heteroatoms. The Kier molecular flexibility index (Phi) is 11.0. The average molecular weight is 314 g/mol. The number of nitrogens with zero attached hydrogens (tertiary/aromatic N) is 1. The Balaban J connectivity index is 0.00000400. The molecule has 1 rings (SSSR count). The van der Waals surface area contributed by atoms with Gasteiger partial charge in [0.15, 0.2) is 5.78 Å². The molecule has 1 aromatic carbocycles. The van der Waals surface area contributed by atoms with Crippen molar-refractivity contribution in [2.45, 2.75) is 40.0 Å². The second kappa shape index (κ2) is 11.6. The van der Waals surface area contributed by atoms with Crippen molar-refractivity contribution in [1.82, 2.24) is 4.90 Å². The lowest BCUT2D eigenvalue weighted by Crippen LogP contribution is -2.25. The Bertz CT molecular complexity index is 388. The number of hydrogen-bond donors (Lipinski definition) is 0. The molecule has 120 valence electrons. The molecule has 1 aromatic rings. The van der Waals surface area contributed by atoms with Crippen LogP contribution in [0, 0.1) is 0 Å². The topological polar surface area (TPSA) is 29.5 Å². The van der Waals surface area contributed by atoms with Gasteiger partial charge in [0.25, 0.3) is 0 Å². The maximum Gasteiger partial charge on any atom is 0.164 e. The highest BCUT2D eigenvalue weighted by molar-refractivity contribution is 5.96. The van der Waals surface area contributed by atoms with Crippen LogP contribution in [0.4, 0.5) is 0 Å². The molecule has 0 unspecified atom stereocenters. The van der Waals surface area contributed by atoms with Gasteiger partial charge in [0.05, 0.1) is 6.61 Å². The predicted molar refractivity (Wildman–Crippen MR) is 90.8 cm³/mol. The van der Waals surface area contributed by atoms with Crippen LogP contribution < -0.4 is 4.74 Å². The number of carbonyl (C=O) groups is 1. The lowest BCUT2D eigenvalue weighted by molar-refractivity contribution is 0.0966. The molecule has 0 radical (unpaired) electrons. The molecule has 21 heavy (non-hydrogen) atoms. The molecule has 0 saturated carbocycles. The summed E-state index contributed by atoms with van der Waals surface area (Å²) >= 11 is 0.